The van der Waals surface area contributed by atoms with E-state index in [0.717, 1.165) is 5.69 Å². The summed E-state index contributed by atoms with van der Waals surface area (Å²) in [7, 11) is 0. The lowest BCUT2D eigenvalue weighted by Gasteiger charge is -2.09. The van der Waals surface area contributed by atoms with Crippen LogP contribution in [0.2, 0.25) is 5.02 Å². The monoisotopic (exact) mass is 201 g/mol. The van der Waals surface area contributed by atoms with Crippen molar-refractivity contribution in [1.82, 2.24) is 0 Å². The number of hydrogen-bond acceptors (Lipinski definition) is 1. The van der Waals surface area contributed by atoms with E-state index < -0.39 is 6.17 Å². The Morgan fingerprint density at radius 3 is 2.77 bits per heavy atom. The summed E-state index contributed by atoms with van der Waals surface area (Å²) >= 11 is 5.87. The predicted molar refractivity (Wildman–Crippen MR) is 55.1 cm³/mol. The van der Waals surface area contributed by atoms with Crippen LogP contribution in [-0.2, 0) is 0 Å². The fourth-order valence-electron chi connectivity index (χ4n) is 0.970. The first kappa shape index (κ1) is 10.3. The average molecular weight is 202 g/mol. The minimum absolute atomic E-state index is 0.320. The van der Waals surface area contributed by atoms with Crippen molar-refractivity contribution in [3.63, 3.8) is 0 Å². The van der Waals surface area contributed by atoms with Crippen LogP contribution in [0.15, 0.2) is 24.3 Å². The van der Waals surface area contributed by atoms with E-state index in [0.29, 0.717) is 18.0 Å². The average Bonchev–Trinajstić information content (AvgIpc) is 2.16. The maximum absolute atomic E-state index is 12.8. The number of para-hydroxylation sites is 1. The molecule has 0 bridgehead atoms. The van der Waals surface area contributed by atoms with E-state index in [1.54, 1.807) is 6.07 Å². The first-order valence-corrected chi connectivity index (χ1v) is 4.74. The van der Waals surface area contributed by atoms with Crippen LogP contribution >= 0.6 is 11.6 Å². The minimum Gasteiger partial charge on any atom is -0.381 e. The normalized spacial score (nSPS) is 12.5. The molecule has 0 radical (unpaired) electrons. The fourth-order valence-corrected chi connectivity index (χ4v) is 1.17. The zero-order chi connectivity index (χ0) is 9.68. The van der Waals surface area contributed by atoms with Crippen LogP contribution in [0.3, 0.4) is 0 Å². The largest absolute Gasteiger partial charge is 0.381 e. The molecular formula is C10H13ClFN. The summed E-state index contributed by atoms with van der Waals surface area (Å²) in [6.07, 6.45) is -0.284. The van der Waals surface area contributed by atoms with Gasteiger partial charge in [0.1, 0.15) is 6.17 Å². The highest BCUT2D eigenvalue weighted by Gasteiger charge is 2.03. The van der Waals surface area contributed by atoms with Gasteiger partial charge in [0, 0.05) is 6.54 Å². The summed E-state index contributed by atoms with van der Waals surface area (Å²) in [5.41, 5.74) is 0.792. The molecule has 0 fully saturated rings. The molecule has 1 nitrogen and oxygen atoms in total. The fraction of sp³-hybridized carbons (Fsp3) is 0.400. The van der Waals surface area contributed by atoms with E-state index in [1.165, 1.54) is 0 Å². The van der Waals surface area contributed by atoms with Gasteiger partial charge in [0.15, 0.2) is 0 Å². The maximum Gasteiger partial charge on any atom is 0.117 e. The van der Waals surface area contributed by atoms with Gasteiger partial charge >= 0.3 is 0 Å². The van der Waals surface area contributed by atoms with Crippen molar-refractivity contribution in [2.45, 2.75) is 19.5 Å². The van der Waals surface area contributed by atoms with E-state index in [-0.39, 0.29) is 0 Å². The van der Waals surface area contributed by atoms with Crippen molar-refractivity contribution >= 4 is 17.3 Å². The summed E-state index contributed by atoms with van der Waals surface area (Å²) < 4.78 is 12.8. The molecule has 72 valence electrons. The van der Waals surface area contributed by atoms with Crippen LogP contribution in [0.1, 0.15) is 13.3 Å². The van der Waals surface area contributed by atoms with Gasteiger partial charge in [-0.3, -0.25) is 0 Å². The van der Waals surface area contributed by atoms with Crippen LogP contribution in [0.4, 0.5) is 10.1 Å². The van der Waals surface area contributed by atoms with Crippen molar-refractivity contribution in [3.05, 3.63) is 29.3 Å². The number of alkyl halides is 1. The van der Waals surface area contributed by atoms with Gasteiger partial charge in [-0.2, -0.15) is 0 Å². The Morgan fingerprint density at radius 2 is 2.15 bits per heavy atom. The van der Waals surface area contributed by atoms with Crippen molar-refractivity contribution in [2.24, 2.45) is 0 Å². The number of benzene rings is 1. The molecule has 1 atom stereocenters. The first-order valence-electron chi connectivity index (χ1n) is 4.36. The van der Waals surface area contributed by atoms with Crippen molar-refractivity contribution < 1.29 is 4.39 Å². The number of nitrogens with one attached hydrogen (secondary N) is 1. The van der Waals surface area contributed by atoms with Gasteiger partial charge in [0.05, 0.1) is 10.7 Å². The van der Waals surface area contributed by atoms with Gasteiger partial charge in [-0.25, -0.2) is 4.39 Å². The zero-order valence-corrected chi connectivity index (χ0v) is 8.31. The molecule has 1 N–H and O–H groups in total. The van der Waals surface area contributed by atoms with Gasteiger partial charge in [-0.15, -0.1) is 0 Å². The summed E-state index contributed by atoms with van der Waals surface area (Å²) in [5.74, 6) is 0. The highest BCUT2D eigenvalue weighted by atomic mass is 35.5. The molecule has 0 aliphatic carbocycles. The lowest BCUT2D eigenvalue weighted by molar-refractivity contribution is 0.340. The lowest BCUT2D eigenvalue weighted by Crippen LogP contribution is -2.14. The topological polar surface area (TPSA) is 12.0 Å². The van der Waals surface area contributed by atoms with Crippen LogP contribution < -0.4 is 5.32 Å². The molecule has 1 aromatic carbocycles. The zero-order valence-electron chi connectivity index (χ0n) is 7.56. The van der Waals surface area contributed by atoms with Gasteiger partial charge < -0.3 is 5.32 Å². The number of anilines is 1. The molecule has 1 aromatic rings. The molecule has 1 unspecified atom stereocenters. The molecule has 0 aliphatic heterocycles. The Bertz CT molecular complexity index is 265. The molecule has 13 heavy (non-hydrogen) atoms. The third-order valence-electron chi connectivity index (χ3n) is 1.83. The maximum atomic E-state index is 12.8. The molecule has 0 heterocycles. The van der Waals surface area contributed by atoms with Crippen molar-refractivity contribution in [3.8, 4) is 0 Å². The van der Waals surface area contributed by atoms with Gasteiger partial charge in [-0.1, -0.05) is 30.7 Å². The third-order valence-corrected chi connectivity index (χ3v) is 2.16. The Hall–Kier alpha value is -0.760. The summed E-state index contributed by atoms with van der Waals surface area (Å²) in [4.78, 5) is 0. The number of halogens is 2. The molecular weight excluding hydrogens is 189 g/mol. The Kier molecular flexibility index (Phi) is 4.03. The van der Waals surface area contributed by atoms with E-state index in [4.69, 9.17) is 11.6 Å². The lowest BCUT2D eigenvalue weighted by atomic mass is 10.2. The minimum atomic E-state index is -0.809. The molecule has 0 saturated carbocycles. The molecule has 3 heteroatoms. The molecule has 0 amide bonds. The molecule has 0 spiro atoms. The predicted octanol–water partition coefficient (Wildman–Crippen LogP) is 3.50. The SMILES string of the molecule is CCC(F)CNc1ccccc1Cl. The second-order valence-electron chi connectivity index (χ2n) is 2.87. The molecule has 0 aliphatic rings. The third kappa shape index (κ3) is 3.23. The van der Waals surface area contributed by atoms with E-state index in [2.05, 4.69) is 5.32 Å². The van der Waals surface area contributed by atoms with Crippen LogP contribution in [0, 0.1) is 0 Å². The summed E-state index contributed by atoms with van der Waals surface area (Å²) in [5, 5.41) is 3.59. The molecule has 0 saturated heterocycles. The highest BCUT2D eigenvalue weighted by Crippen LogP contribution is 2.20. The van der Waals surface area contributed by atoms with Gasteiger partial charge in [-0.05, 0) is 18.6 Å². The van der Waals surface area contributed by atoms with Gasteiger partial charge in [0.25, 0.3) is 0 Å². The standard InChI is InChI=1S/C10H13ClFN/c1-2-8(12)7-13-10-6-4-3-5-9(10)11/h3-6,8,13H,2,7H2,1H3. The number of rotatable bonds is 4. The summed E-state index contributed by atoms with van der Waals surface area (Å²) in [6.45, 7) is 2.14. The van der Waals surface area contributed by atoms with Gasteiger partial charge in [0.2, 0.25) is 0 Å². The van der Waals surface area contributed by atoms with E-state index in [1.807, 2.05) is 25.1 Å². The van der Waals surface area contributed by atoms with Crippen molar-refractivity contribution in [2.75, 3.05) is 11.9 Å². The quantitative estimate of drug-likeness (QED) is 0.786. The van der Waals surface area contributed by atoms with E-state index in [9.17, 15) is 4.39 Å². The smallest absolute Gasteiger partial charge is 0.117 e. The van der Waals surface area contributed by atoms with E-state index >= 15 is 0 Å². The Morgan fingerprint density at radius 1 is 1.46 bits per heavy atom. The molecule has 0 aromatic heterocycles. The van der Waals surface area contributed by atoms with Crippen LogP contribution in [0.25, 0.3) is 0 Å². The Labute approximate surface area is 82.9 Å². The van der Waals surface area contributed by atoms with Crippen LogP contribution in [0.5, 0.6) is 0 Å². The Balaban J connectivity index is 2.50. The first-order chi connectivity index (χ1) is 6.24. The van der Waals surface area contributed by atoms with Crippen LogP contribution in [-0.4, -0.2) is 12.7 Å². The second-order valence-corrected chi connectivity index (χ2v) is 3.27. The molecule has 1 rings (SSSR count). The highest BCUT2D eigenvalue weighted by molar-refractivity contribution is 6.33. The van der Waals surface area contributed by atoms with Crippen molar-refractivity contribution in [1.29, 1.82) is 0 Å². The summed E-state index contributed by atoms with van der Waals surface area (Å²) in [6, 6.07) is 7.33. The second kappa shape index (κ2) is 5.07. The number of hydrogen-bond donors (Lipinski definition) is 1.